The number of hydrogen-bond acceptors (Lipinski definition) is 4. The molecule has 2 aromatic carbocycles. The van der Waals surface area contributed by atoms with Crippen molar-refractivity contribution in [1.82, 2.24) is 9.88 Å². The van der Waals surface area contributed by atoms with E-state index in [2.05, 4.69) is 55.1 Å². The van der Waals surface area contributed by atoms with E-state index in [1.54, 1.807) is 0 Å². The minimum atomic E-state index is -0.0157. The Kier molecular flexibility index (Phi) is 5.21. The maximum absolute atomic E-state index is 9.86. The van der Waals surface area contributed by atoms with Gasteiger partial charge in [-0.3, -0.25) is 4.90 Å². The van der Waals surface area contributed by atoms with Crippen molar-refractivity contribution >= 4 is 10.9 Å². The van der Waals surface area contributed by atoms with Crippen LogP contribution in [0.15, 0.2) is 48.5 Å². The van der Waals surface area contributed by atoms with E-state index in [0.717, 1.165) is 59.6 Å². The summed E-state index contributed by atoms with van der Waals surface area (Å²) in [6.07, 6.45) is 0. The van der Waals surface area contributed by atoms with Crippen LogP contribution in [0, 0.1) is 6.92 Å². The fourth-order valence-electron chi connectivity index (χ4n) is 3.86. The van der Waals surface area contributed by atoms with Gasteiger partial charge >= 0.3 is 0 Å². The highest BCUT2D eigenvalue weighted by molar-refractivity contribution is 5.85. The SMILES string of the molecule is Cc1cccc2cc(CO)c(-c3ccc([C@@H](C)N4CCOCC4)cc3)nc12. The van der Waals surface area contributed by atoms with Gasteiger partial charge in [0.05, 0.1) is 31.0 Å². The first-order valence-corrected chi connectivity index (χ1v) is 9.59. The fourth-order valence-corrected chi connectivity index (χ4v) is 3.86. The number of hydrogen-bond donors (Lipinski definition) is 1. The summed E-state index contributed by atoms with van der Waals surface area (Å²) in [5, 5.41) is 10.9. The lowest BCUT2D eigenvalue weighted by molar-refractivity contribution is 0.0198. The average molecular weight is 362 g/mol. The number of para-hydroxylation sites is 1. The molecule has 0 aliphatic carbocycles. The number of nitrogens with zero attached hydrogens (tertiary/aromatic N) is 2. The minimum Gasteiger partial charge on any atom is -0.392 e. The van der Waals surface area contributed by atoms with Crippen LogP contribution in [0.3, 0.4) is 0 Å². The Morgan fingerprint density at radius 2 is 1.85 bits per heavy atom. The van der Waals surface area contributed by atoms with E-state index in [1.165, 1.54) is 5.56 Å². The molecule has 1 atom stereocenters. The normalized spacial score (nSPS) is 16.6. The molecule has 1 aliphatic rings. The second-order valence-electron chi connectivity index (χ2n) is 7.25. The highest BCUT2D eigenvalue weighted by Crippen LogP contribution is 2.29. The third-order valence-corrected chi connectivity index (χ3v) is 5.56. The summed E-state index contributed by atoms with van der Waals surface area (Å²) in [5.41, 5.74) is 6.21. The molecule has 0 saturated carbocycles. The largest absolute Gasteiger partial charge is 0.392 e. The van der Waals surface area contributed by atoms with E-state index >= 15 is 0 Å². The summed E-state index contributed by atoms with van der Waals surface area (Å²) in [6.45, 7) is 7.87. The van der Waals surface area contributed by atoms with Crippen LogP contribution >= 0.6 is 0 Å². The van der Waals surface area contributed by atoms with Crippen LogP contribution in [0.5, 0.6) is 0 Å². The lowest BCUT2D eigenvalue weighted by Gasteiger charge is -2.32. The summed E-state index contributed by atoms with van der Waals surface area (Å²) in [6, 6.07) is 17.2. The van der Waals surface area contributed by atoms with Crippen molar-refractivity contribution in [2.45, 2.75) is 26.5 Å². The highest BCUT2D eigenvalue weighted by Gasteiger charge is 2.18. The molecule has 1 N–H and O–H groups in total. The number of aromatic nitrogens is 1. The van der Waals surface area contributed by atoms with E-state index in [-0.39, 0.29) is 6.61 Å². The summed E-state index contributed by atoms with van der Waals surface area (Å²) >= 11 is 0. The topological polar surface area (TPSA) is 45.6 Å². The molecule has 1 saturated heterocycles. The first-order chi connectivity index (χ1) is 13.2. The molecule has 2 heterocycles. The van der Waals surface area contributed by atoms with Crippen LogP contribution in [0.25, 0.3) is 22.2 Å². The monoisotopic (exact) mass is 362 g/mol. The van der Waals surface area contributed by atoms with E-state index in [9.17, 15) is 5.11 Å². The van der Waals surface area contributed by atoms with Gasteiger partial charge in [0.1, 0.15) is 0 Å². The van der Waals surface area contributed by atoms with E-state index < -0.39 is 0 Å². The van der Waals surface area contributed by atoms with E-state index in [1.807, 2.05) is 12.1 Å². The third-order valence-electron chi connectivity index (χ3n) is 5.56. The van der Waals surface area contributed by atoms with Gasteiger partial charge in [-0.15, -0.1) is 0 Å². The number of rotatable bonds is 4. The molecular formula is C23H26N2O2. The molecule has 0 amide bonds. The maximum atomic E-state index is 9.86. The van der Waals surface area contributed by atoms with Crippen LogP contribution in [0.2, 0.25) is 0 Å². The van der Waals surface area contributed by atoms with Crippen molar-refractivity contribution in [3.63, 3.8) is 0 Å². The van der Waals surface area contributed by atoms with E-state index in [4.69, 9.17) is 9.72 Å². The van der Waals surface area contributed by atoms with Gasteiger partial charge in [0.2, 0.25) is 0 Å². The zero-order valence-corrected chi connectivity index (χ0v) is 16.0. The lowest BCUT2D eigenvalue weighted by Crippen LogP contribution is -2.37. The van der Waals surface area contributed by atoms with Crippen LogP contribution < -0.4 is 0 Å². The number of morpholine rings is 1. The van der Waals surface area contributed by atoms with Crippen LogP contribution in [-0.2, 0) is 11.3 Å². The van der Waals surface area contributed by atoms with Crippen molar-refractivity contribution in [2.75, 3.05) is 26.3 Å². The molecule has 1 fully saturated rings. The smallest absolute Gasteiger partial charge is 0.0764 e. The van der Waals surface area contributed by atoms with Gasteiger partial charge in [-0.1, -0.05) is 42.5 Å². The van der Waals surface area contributed by atoms with Crippen molar-refractivity contribution in [1.29, 1.82) is 0 Å². The molecule has 4 nitrogen and oxygen atoms in total. The number of fused-ring (bicyclic) bond motifs is 1. The minimum absolute atomic E-state index is 0.0157. The number of aliphatic hydroxyl groups is 1. The summed E-state index contributed by atoms with van der Waals surface area (Å²) in [5.74, 6) is 0. The van der Waals surface area contributed by atoms with Crippen molar-refractivity contribution in [3.05, 3.63) is 65.2 Å². The molecule has 4 rings (SSSR count). The van der Waals surface area contributed by atoms with Crippen LogP contribution in [0.4, 0.5) is 0 Å². The van der Waals surface area contributed by atoms with Gasteiger partial charge in [-0.2, -0.15) is 0 Å². The van der Waals surface area contributed by atoms with E-state index in [0.29, 0.717) is 6.04 Å². The Bertz CT molecular complexity index is 931. The molecule has 4 heteroatoms. The van der Waals surface area contributed by atoms with Gasteiger partial charge in [0.15, 0.2) is 0 Å². The second-order valence-corrected chi connectivity index (χ2v) is 7.25. The zero-order chi connectivity index (χ0) is 18.8. The van der Waals surface area contributed by atoms with Crippen molar-refractivity contribution < 1.29 is 9.84 Å². The first-order valence-electron chi connectivity index (χ1n) is 9.59. The lowest BCUT2D eigenvalue weighted by atomic mass is 9.99. The predicted molar refractivity (Wildman–Crippen MR) is 109 cm³/mol. The Labute approximate surface area is 160 Å². The number of benzene rings is 2. The molecule has 0 unspecified atom stereocenters. The third kappa shape index (κ3) is 3.61. The van der Waals surface area contributed by atoms with Crippen molar-refractivity contribution in [3.8, 4) is 11.3 Å². The van der Waals surface area contributed by atoms with Crippen LogP contribution in [0.1, 0.15) is 29.7 Å². The van der Waals surface area contributed by atoms with Gasteiger partial charge < -0.3 is 9.84 Å². The number of aryl methyl sites for hydroxylation is 1. The maximum Gasteiger partial charge on any atom is 0.0764 e. The zero-order valence-electron chi connectivity index (χ0n) is 16.0. The summed E-state index contributed by atoms with van der Waals surface area (Å²) in [7, 11) is 0. The molecule has 3 aromatic rings. The standard InChI is InChI=1S/C23H26N2O2/c1-16-4-3-5-20-14-21(15-26)23(24-22(16)20)19-8-6-18(7-9-19)17(2)25-10-12-27-13-11-25/h3-9,14,17,26H,10-13,15H2,1-2H3/t17-/m1/s1. The average Bonchev–Trinajstić information content (AvgIpc) is 2.73. The Morgan fingerprint density at radius 3 is 2.56 bits per heavy atom. The molecular weight excluding hydrogens is 336 g/mol. The Hall–Kier alpha value is -2.27. The molecule has 1 aliphatic heterocycles. The highest BCUT2D eigenvalue weighted by atomic mass is 16.5. The Balaban J connectivity index is 1.68. The van der Waals surface area contributed by atoms with Gasteiger partial charge in [-0.05, 0) is 31.0 Å². The molecule has 1 aromatic heterocycles. The fraction of sp³-hybridized carbons (Fsp3) is 0.348. The molecule has 0 spiro atoms. The number of pyridine rings is 1. The molecule has 0 radical (unpaired) electrons. The van der Waals surface area contributed by atoms with Gasteiger partial charge in [-0.25, -0.2) is 4.98 Å². The van der Waals surface area contributed by atoms with Crippen molar-refractivity contribution in [2.24, 2.45) is 0 Å². The second kappa shape index (κ2) is 7.77. The summed E-state index contributed by atoms with van der Waals surface area (Å²) < 4.78 is 5.46. The molecule has 0 bridgehead atoms. The number of ether oxygens (including phenoxy) is 1. The Morgan fingerprint density at radius 1 is 1.11 bits per heavy atom. The number of aliphatic hydroxyl groups excluding tert-OH is 1. The molecule has 140 valence electrons. The first kappa shape index (κ1) is 18.1. The summed E-state index contributed by atoms with van der Waals surface area (Å²) in [4.78, 5) is 7.35. The quantitative estimate of drug-likeness (QED) is 0.759. The molecule has 27 heavy (non-hydrogen) atoms. The van der Waals surface area contributed by atoms with Gasteiger partial charge in [0.25, 0.3) is 0 Å². The van der Waals surface area contributed by atoms with Crippen LogP contribution in [-0.4, -0.2) is 41.3 Å². The van der Waals surface area contributed by atoms with Gasteiger partial charge in [0, 0.05) is 35.6 Å². The predicted octanol–water partition coefficient (Wildman–Crippen LogP) is 4.10.